The maximum Gasteiger partial charge on any atom is 0.227 e. The molecule has 13 saturated carbocycles. The summed E-state index contributed by atoms with van der Waals surface area (Å²) < 4.78 is 0. The van der Waals surface area contributed by atoms with E-state index in [-0.39, 0.29) is 0 Å². The number of carbonyl (C=O) groups excluding carboxylic acids is 1. The van der Waals surface area contributed by atoms with Crippen LogP contribution in [0.1, 0.15) is 159 Å². The van der Waals surface area contributed by atoms with Crippen LogP contribution >= 0.6 is 0 Å². The molecule has 2 aromatic rings. The normalized spacial score (nSPS) is 56.7. The van der Waals surface area contributed by atoms with Crippen molar-refractivity contribution in [3.8, 4) is 0 Å². The van der Waals surface area contributed by atoms with E-state index in [0.717, 1.165) is 118 Å². The molecule has 2 aliphatic heterocycles. The lowest BCUT2D eigenvalue weighted by molar-refractivity contribution is -0.235. The van der Waals surface area contributed by atoms with Crippen molar-refractivity contribution in [3.05, 3.63) is 95.6 Å². The average molecular weight is 949 g/mol. The molecule has 15 fully saturated rings. The molecule has 1 amide bonds. The zero-order valence-corrected chi connectivity index (χ0v) is 43.7. The first-order chi connectivity index (χ1) is 35.0. The highest BCUT2D eigenvalue weighted by Gasteiger charge is 2.74. The molecule has 30 atom stereocenters. The van der Waals surface area contributed by atoms with Gasteiger partial charge in [0.05, 0.1) is 6.17 Å². The number of amides is 1. The molecule has 376 valence electrons. The van der Waals surface area contributed by atoms with Gasteiger partial charge in [-0.15, -0.1) is 0 Å². The van der Waals surface area contributed by atoms with Gasteiger partial charge in [0.15, 0.2) is 0 Å². The molecule has 0 bridgehead atoms. The molecule has 71 heavy (non-hydrogen) atoms. The van der Waals surface area contributed by atoms with Gasteiger partial charge in [-0.2, -0.15) is 0 Å². The van der Waals surface area contributed by atoms with Crippen LogP contribution in [0, 0.1) is 148 Å². The monoisotopic (exact) mass is 949 g/mol. The van der Waals surface area contributed by atoms with E-state index < -0.39 is 0 Å². The Bertz CT molecular complexity index is 2450. The van der Waals surface area contributed by atoms with E-state index in [2.05, 4.69) is 90.8 Å². The maximum absolute atomic E-state index is 14.9. The molecule has 30 unspecified atom stereocenters. The van der Waals surface area contributed by atoms with Crippen molar-refractivity contribution in [1.82, 2.24) is 10.2 Å². The van der Waals surface area contributed by atoms with Gasteiger partial charge in [-0.25, -0.2) is 0 Å². The van der Waals surface area contributed by atoms with Crippen molar-refractivity contribution >= 4 is 5.91 Å². The lowest BCUT2D eigenvalue weighted by atomic mass is 9.34. The lowest BCUT2D eigenvalue weighted by Gasteiger charge is -2.71. The summed E-state index contributed by atoms with van der Waals surface area (Å²) in [6.07, 6.45) is 30.1. The number of nitrogens with one attached hydrogen (secondary N) is 1. The fraction of sp³-hybridized carbons (Fsp3) is 0.750. The van der Waals surface area contributed by atoms with Crippen LogP contribution in [0.4, 0.5) is 0 Å². The number of allylic oxidation sites excluding steroid dienone is 3. The number of nitrogens with zero attached hydrogens (tertiary/aromatic N) is 1. The van der Waals surface area contributed by atoms with Crippen molar-refractivity contribution in [3.63, 3.8) is 0 Å². The number of rotatable bonds is 3. The standard InChI is InChI=1S/C68H88N2O/c1-4-35-18-13-19-46-54(35)53(34(2)3)66-56(37-16-9-6-10-17-37)64-48-31-27-43-38-22-24-40-44-28-32-49-62-50(68(71)70-52-21-12-11-20-51(52)69-67(49)70)33-29-45(60(44)62)41-25-23-39(57(38)58(40)41)42-26-30-47(61(48)59(42)43)63(64)55(65(46)66)36-14-7-5-8-15-36/h4-10,14-17,38-67,69H,2,11-13,18-33H2,1,3H3. The van der Waals surface area contributed by atoms with E-state index in [1.807, 2.05) is 0 Å². The van der Waals surface area contributed by atoms with Crippen molar-refractivity contribution in [2.24, 2.45) is 148 Å². The molecular formula is C68H88N2O. The SMILES string of the molecule is C=C(C)C1C2C(=CC)CCCC2C2C(c3ccccc3)C3C4CCC5C6CCC7C8CCC9C(=O)N%10C%11CCCCC%11NC%10C%10CCC(C%11CCC(C%12CCC(C4C5%12)C3C(c3ccccc3)C12)C6C7%11)C8C9%10. The molecule has 2 saturated heterocycles. The molecule has 13 aliphatic carbocycles. The first-order valence-electron chi connectivity index (χ1n) is 31.5. The Labute approximate surface area is 428 Å². The lowest BCUT2D eigenvalue weighted by Crippen LogP contribution is -2.69. The van der Waals surface area contributed by atoms with E-state index in [9.17, 15) is 4.79 Å². The summed E-state index contributed by atoms with van der Waals surface area (Å²) in [6.45, 7) is 9.84. The molecule has 2 aromatic carbocycles. The second kappa shape index (κ2) is 15.9. The Kier molecular flexibility index (Phi) is 9.79. The molecule has 17 rings (SSSR count). The molecule has 3 nitrogen and oxygen atoms in total. The van der Waals surface area contributed by atoms with Crippen molar-refractivity contribution in [2.45, 2.75) is 166 Å². The summed E-state index contributed by atoms with van der Waals surface area (Å²) in [6, 6.07) is 25.9. The van der Waals surface area contributed by atoms with Crippen molar-refractivity contribution in [2.75, 3.05) is 0 Å². The number of fused-ring (bicyclic) bond motifs is 14. The summed E-state index contributed by atoms with van der Waals surface area (Å²) in [7, 11) is 0. The summed E-state index contributed by atoms with van der Waals surface area (Å²) >= 11 is 0. The first kappa shape index (κ1) is 43.6. The van der Waals surface area contributed by atoms with E-state index in [1.54, 1.807) is 55.2 Å². The predicted octanol–water partition coefficient (Wildman–Crippen LogP) is 14.6. The molecule has 1 N–H and O–H groups in total. The molecule has 15 aliphatic rings. The molecule has 0 spiro atoms. The number of piperidine rings is 1. The van der Waals surface area contributed by atoms with Crippen LogP contribution in [0.3, 0.4) is 0 Å². The summed E-state index contributed by atoms with van der Waals surface area (Å²) in [5.74, 6) is 23.1. The van der Waals surface area contributed by atoms with Crippen LogP contribution in [0.25, 0.3) is 0 Å². The highest BCUT2D eigenvalue weighted by atomic mass is 16.2. The second-order valence-electron chi connectivity index (χ2n) is 29.2. The second-order valence-corrected chi connectivity index (χ2v) is 29.2. The number of carbonyl (C=O) groups is 1. The minimum atomic E-state index is 0.340. The minimum absolute atomic E-state index is 0.340. The van der Waals surface area contributed by atoms with Crippen LogP contribution in [0.15, 0.2) is 84.5 Å². The van der Waals surface area contributed by atoms with Gasteiger partial charge in [-0.3, -0.25) is 10.1 Å². The zero-order valence-electron chi connectivity index (χ0n) is 43.7. The van der Waals surface area contributed by atoms with Gasteiger partial charge in [0.1, 0.15) is 0 Å². The van der Waals surface area contributed by atoms with Gasteiger partial charge < -0.3 is 4.90 Å². The Morgan fingerprint density at radius 3 is 1.51 bits per heavy atom. The number of benzene rings is 2. The van der Waals surface area contributed by atoms with Gasteiger partial charge in [0.2, 0.25) is 5.91 Å². The van der Waals surface area contributed by atoms with Crippen LogP contribution in [0.5, 0.6) is 0 Å². The summed E-state index contributed by atoms with van der Waals surface area (Å²) in [5, 5.41) is 4.23. The number of hydrogen-bond acceptors (Lipinski definition) is 2. The molecule has 2 heterocycles. The van der Waals surface area contributed by atoms with Crippen molar-refractivity contribution in [1.29, 1.82) is 0 Å². The van der Waals surface area contributed by atoms with Gasteiger partial charge in [-0.05, 0) is 288 Å². The highest BCUT2D eigenvalue weighted by molar-refractivity contribution is 5.81. The Morgan fingerprint density at radius 1 is 0.493 bits per heavy atom. The smallest absolute Gasteiger partial charge is 0.227 e. The molecule has 3 heteroatoms. The minimum Gasteiger partial charge on any atom is -0.322 e. The molecule has 0 radical (unpaired) electrons. The van der Waals surface area contributed by atoms with Gasteiger partial charge in [0.25, 0.3) is 0 Å². The molecule has 0 aromatic heterocycles. The maximum atomic E-state index is 14.9. The fourth-order valence-electron chi connectivity index (χ4n) is 27.5. The summed E-state index contributed by atoms with van der Waals surface area (Å²) in [5.41, 5.74) is 6.72. The van der Waals surface area contributed by atoms with E-state index in [4.69, 9.17) is 6.58 Å². The van der Waals surface area contributed by atoms with E-state index >= 15 is 0 Å². The topological polar surface area (TPSA) is 32.3 Å². The largest absolute Gasteiger partial charge is 0.322 e. The third-order valence-electron chi connectivity index (χ3n) is 28.2. The third kappa shape index (κ3) is 5.61. The van der Waals surface area contributed by atoms with Gasteiger partial charge in [0, 0.05) is 18.0 Å². The number of hydrogen-bond donors (Lipinski definition) is 1. The van der Waals surface area contributed by atoms with Gasteiger partial charge in [-0.1, -0.05) is 97.3 Å². The quantitative estimate of drug-likeness (QED) is 0.311. The van der Waals surface area contributed by atoms with Crippen LogP contribution in [-0.4, -0.2) is 29.1 Å². The Hall–Kier alpha value is -2.65. The average Bonchev–Trinajstić information content (AvgIpc) is 4.09. The third-order valence-corrected chi connectivity index (χ3v) is 28.2. The van der Waals surface area contributed by atoms with Crippen LogP contribution in [-0.2, 0) is 4.79 Å². The fourth-order valence-corrected chi connectivity index (χ4v) is 27.5. The molecular weight excluding hydrogens is 861 g/mol. The highest BCUT2D eigenvalue weighted by Crippen LogP contribution is 2.80. The van der Waals surface area contributed by atoms with Gasteiger partial charge >= 0.3 is 0 Å². The Balaban J connectivity index is 0.731. The first-order valence-corrected chi connectivity index (χ1v) is 31.5. The van der Waals surface area contributed by atoms with Crippen LogP contribution < -0.4 is 5.32 Å². The van der Waals surface area contributed by atoms with Crippen molar-refractivity contribution < 1.29 is 4.79 Å². The zero-order chi connectivity index (χ0) is 46.7. The summed E-state index contributed by atoms with van der Waals surface area (Å²) in [4.78, 5) is 17.4. The predicted molar refractivity (Wildman–Crippen MR) is 283 cm³/mol. The van der Waals surface area contributed by atoms with E-state index in [1.165, 1.54) is 89.0 Å². The Morgan fingerprint density at radius 2 is 0.958 bits per heavy atom. The van der Waals surface area contributed by atoms with E-state index in [0.29, 0.717) is 65.6 Å². The van der Waals surface area contributed by atoms with Crippen LogP contribution in [0.2, 0.25) is 0 Å².